The van der Waals surface area contributed by atoms with Crippen LogP contribution in [0.4, 0.5) is 0 Å². The molecule has 4 aromatic carbocycles. The van der Waals surface area contributed by atoms with Crippen LogP contribution in [-0.2, 0) is 108 Å². The number of phosphoric acid groups is 1. The number of aliphatic hydroxyl groups is 1. The molecule has 0 radical (unpaired) electrons. The van der Waals surface area contributed by atoms with E-state index in [1.807, 2.05) is 156 Å². The lowest BCUT2D eigenvalue weighted by atomic mass is 9.95. The maximum absolute atomic E-state index is 14.6. The van der Waals surface area contributed by atoms with E-state index in [1.165, 1.54) is 0 Å². The number of azide groups is 1. The maximum atomic E-state index is 14.6. The number of benzene rings is 4. The van der Waals surface area contributed by atoms with Gasteiger partial charge in [-0.15, -0.1) is 0 Å². The fourth-order valence-corrected chi connectivity index (χ4v) is 11.8. The summed E-state index contributed by atoms with van der Waals surface area (Å²) in [5, 5.41) is 19.4. The van der Waals surface area contributed by atoms with E-state index >= 15 is 0 Å². The van der Waals surface area contributed by atoms with Crippen molar-refractivity contribution in [2.24, 2.45) is 5.11 Å². The molecule has 4 aromatic rings. The van der Waals surface area contributed by atoms with Crippen LogP contribution in [-0.4, -0.2) is 118 Å². The lowest BCUT2D eigenvalue weighted by Crippen LogP contribution is -2.66. The highest BCUT2D eigenvalue weighted by Gasteiger charge is 2.55. The number of carbonyl (C=O) groups excluding carboxylic acids is 3. The van der Waals surface area contributed by atoms with E-state index in [-0.39, 0.29) is 63.9 Å². The Bertz CT molecular complexity index is 2750. The highest BCUT2D eigenvalue weighted by molar-refractivity contribution is 7.48. The van der Waals surface area contributed by atoms with Gasteiger partial charge in [0.2, 0.25) is 5.91 Å². The number of hydrogen-bond acceptors (Lipinski definition) is 18. The van der Waals surface area contributed by atoms with Crippen LogP contribution in [0.1, 0.15) is 101 Å². The molecule has 452 valence electrons. The van der Waals surface area contributed by atoms with Crippen molar-refractivity contribution in [2.75, 3.05) is 13.2 Å². The Morgan fingerprint density at radius 1 is 0.723 bits per heavy atom. The second-order valence-corrected chi connectivity index (χ2v) is 28.6. The molecule has 1 amide bonds. The van der Waals surface area contributed by atoms with Gasteiger partial charge in [-0.2, -0.15) is 0 Å². The highest BCUT2D eigenvalue weighted by atomic mass is 31.2. The Balaban J connectivity index is 1.25. The molecule has 0 saturated carbocycles. The Morgan fingerprint density at radius 2 is 1.28 bits per heavy atom. The number of fused-ring (bicyclic) bond motifs is 1. The van der Waals surface area contributed by atoms with Crippen molar-refractivity contribution >= 4 is 34.0 Å². The summed E-state index contributed by atoms with van der Waals surface area (Å²) in [5.74, 6) is -1.83. The molecule has 2 fully saturated rings. The van der Waals surface area contributed by atoms with Gasteiger partial charge in [-0.25, -0.2) is 4.57 Å². The van der Waals surface area contributed by atoms with E-state index in [0.29, 0.717) is 12.8 Å². The van der Waals surface area contributed by atoms with Crippen molar-refractivity contribution in [1.29, 1.82) is 0 Å². The molecular formula is C60H81N4O17PSi. The van der Waals surface area contributed by atoms with E-state index < -0.39 is 114 Å². The van der Waals surface area contributed by atoms with Crippen molar-refractivity contribution in [3.05, 3.63) is 154 Å². The number of esters is 2. The first kappa shape index (κ1) is 65.2. The molecule has 3 aliphatic heterocycles. The van der Waals surface area contributed by atoms with Gasteiger partial charge in [0, 0.05) is 11.3 Å². The van der Waals surface area contributed by atoms with Crippen LogP contribution < -0.4 is 5.32 Å². The van der Waals surface area contributed by atoms with Crippen LogP contribution in [0.2, 0.25) is 18.1 Å². The van der Waals surface area contributed by atoms with Crippen LogP contribution >= 0.6 is 7.82 Å². The molecule has 83 heavy (non-hydrogen) atoms. The topological polar surface area (TPSA) is 260 Å². The zero-order valence-electron chi connectivity index (χ0n) is 48.7. The van der Waals surface area contributed by atoms with Crippen LogP contribution in [0.25, 0.3) is 10.4 Å². The van der Waals surface area contributed by atoms with Gasteiger partial charge in [0.25, 0.3) is 0 Å². The van der Waals surface area contributed by atoms with Gasteiger partial charge in [-0.3, -0.25) is 28.0 Å². The molecule has 2 saturated heterocycles. The SMILES string of the molecule is CCC(=O)O[C@H](CC)CC(=O)NC1[C@H](OCC2O[C@H](O[Si](C)(C)C(C)(C)C)C(N=[N+]=[N-])[C@@H](OC(=O)C[C@@H](CC)OCc3ccccc3)[C@@H]2OCc2ccccc2)OC(COCc2ccccc2)[C@@H](OP2(=O)OCc3ccccc3CO2)[C@@H]1O. The lowest BCUT2D eigenvalue weighted by Gasteiger charge is -2.49. The zero-order valence-corrected chi connectivity index (χ0v) is 50.5. The Hall–Kier alpha value is -5.39. The summed E-state index contributed by atoms with van der Waals surface area (Å²) in [5.41, 5.74) is 14.2. The van der Waals surface area contributed by atoms with Crippen LogP contribution in [0, 0.1) is 0 Å². The van der Waals surface area contributed by atoms with E-state index in [9.17, 15) is 29.6 Å². The largest absolute Gasteiger partial charge is 0.475 e. The molecule has 3 heterocycles. The number of phosphoric ester groups is 1. The zero-order chi connectivity index (χ0) is 59.6. The maximum Gasteiger partial charge on any atom is 0.475 e. The molecule has 0 spiro atoms. The van der Waals surface area contributed by atoms with Crippen molar-refractivity contribution in [3.63, 3.8) is 0 Å². The van der Waals surface area contributed by atoms with Crippen molar-refractivity contribution in [3.8, 4) is 0 Å². The van der Waals surface area contributed by atoms with Gasteiger partial charge in [-0.1, -0.05) is 162 Å². The fourth-order valence-electron chi connectivity index (χ4n) is 9.28. The molecule has 0 bridgehead atoms. The summed E-state index contributed by atoms with van der Waals surface area (Å²) in [7, 11) is -7.33. The minimum absolute atomic E-state index is 0.0262. The third kappa shape index (κ3) is 18.8. The van der Waals surface area contributed by atoms with E-state index in [4.69, 9.17) is 55.9 Å². The third-order valence-electron chi connectivity index (χ3n) is 15.1. The summed E-state index contributed by atoms with van der Waals surface area (Å²) in [6.07, 6.45) is -12.3. The molecule has 7 rings (SSSR count). The number of nitrogens with one attached hydrogen (secondary N) is 1. The molecule has 12 atom stereocenters. The molecule has 0 aromatic heterocycles. The molecule has 2 N–H and O–H groups in total. The summed E-state index contributed by atoms with van der Waals surface area (Å²) >= 11 is 0. The third-order valence-corrected chi connectivity index (χ3v) is 21.0. The first-order chi connectivity index (χ1) is 39.8. The van der Waals surface area contributed by atoms with Gasteiger partial charge in [0.15, 0.2) is 20.9 Å². The smallest absolute Gasteiger partial charge is 0.462 e. The number of hydrogen-bond donors (Lipinski definition) is 2. The standard InChI is InChI=1S/C60H81N4O17PSi/c1-9-45(71-34-41-25-17-13-18-26-41)32-51(67)79-57-53(63-64-61)59(81-83(7,8)60(4,5)6)78-48(56(57)72-35-42-27-19-14-20-28-42)39-73-58-52(62-49(65)31-46(10-2)76-50(66)11-3)54(68)55(47(77-58)38-70-33-40-23-15-12-16-24-40)80-82(69)74-36-43-29-21-22-30-44(43)37-75-82/h12-30,45-48,52-59,68H,9-11,31-39H2,1-8H3,(H,62,65)/t45-,46-,47?,48?,52?,53?,54-,55-,56-,57-,58-,59-/m1/s1. The average molecular weight is 1190 g/mol. The van der Waals surface area contributed by atoms with Crippen LogP contribution in [0.15, 0.2) is 120 Å². The monoisotopic (exact) mass is 1190 g/mol. The minimum atomic E-state index is -4.51. The highest BCUT2D eigenvalue weighted by Crippen LogP contribution is 2.55. The van der Waals surface area contributed by atoms with Crippen LogP contribution in [0.5, 0.6) is 0 Å². The average Bonchev–Trinajstić information content (AvgIpc) is 3.17. The summed E-state index contributed by atoms with van der Waals surface area (Å²) in [6.45, 7) is 14.7. The van der Waals surface area contributed by atoms with E-state index in [2.05, 4.69) is 15.3 Å². The molecule has 21 nitrogen and oxygen atoms in total. The first-order valence-electron chi connectivity index (χ1n) is 28.4. The number of carbonyl (C=O) groups is 3. The van der Waals surface area contributed by atoms with E-state index in [1.54, 1.807) is 13.8 Å². The number of rotatable bonds is 28. The van der Waals surface area contributed by atoms with Crippen molar-refractivity contribution in [2.45, 2.75) is 198 Å². The molecule has 0 aliphatic carbocycles. The first-order valence-corrected chi connectivity index (χ1v) is 32.8. The predicted molar refractivity (Wildman–Crippen MR) is 307 cm³/mol. The van der Waals surface area contributed by atoms with Gasteiger partial charge in [0.05, 0.1) is 65.2 Å². The van der Waals surface area contributed by atoms with E-state index in [0.717, 1.165) is 27.8 Å². The lowest BCUT2D eigenvalue weighted by molar-refractivity contribution is -0.300. The van der Waals surface area contributed by atoms with Crippen LogP contribution in [0.3, 0.4) is 0 Å². The number of amides is 1. The summed E-state index contributed by atoms with van der Waals surface area (Å²) in [4.78, 5) is 44.3. The quantitative estimate of drug-likeness (QED) is 0.0134. The normalized spacial score (nSPS) is 25.1. The van der Waals surface area contributed by atoms with Gasteiger partial charge >= 0.3 is 19.8 Å². The summed E-state index contributed by atoms with van der Waals surface area (Å²) in [6, 6.07) is 32.6. The summed E-state index contributed by atoms with van der Waals surface area (Å²) < 4.78 is 91.0. The second-order valence-electron chi connectivity index (χ2n) is 22.2. The number of ether oxygens (including phenoxy) is 8. The Labute approximate surface area is 487 Å². The predicted octanol–water partition coefficient (Wildman–Crippen LogP) is 10.5. The molecule has 3 aliphatic rings. The number of aliphatic hydroxyl groups excluding tert-OH is 1. The van der Waals surface area contributed by atoms with Gasteiger partial charge in [0.1, 0.15) is 54.8 Å². The molecular weight excluding hydrogens is 1110 g/mol. The number of nitrogens with zero attached hydrogens (tertiary/aromatic N) is 3. The van der Waals surface area contributed by atoms with Crippen molar-refractivity contribution in [1.82, 2.24) is 5.32 Å². The Morgan fingerprint density at radius 3 is 1.84 bits per heavy atom. The van der Waals surface area contributed by atoms with Gasteiger partial charge in [-0.05, 0) is 64.3 Å². The van der Waals surface area contributed by atoms with Crippen molar-refractivity contribution < 1.29 is 79.9 Å². The molecule has 4 unspecified atom stereocenters. The second kappa shape index (κ2) is 31.1. The fraction of sp³-hybridized carbons (Fsp3) is 0.550. The minimum Gasteiger partial charge on any atom is -0.462 e. The molecule has 23 heteroatoms. The Kier molecular flexibility index (Phi) is 24.4. The van der Waals surface area contributed by atoms with Gasteiger partial charge < -0.3 is 52.7 Å².